The predicted octanol–water partition coefficient (Wildman–Crippen LogP) is 4.69. The van der Waals surface area contributed by atoms with Gasteiger partial charge < -0.3 is 4.90 Å². The van der Waals surface area contributed by atoms with Crippen LogP contribution in [0.1, 0.15) is 60.3 Å². The van der Waals surface area contributed by atoms with Crippen molar-refractivity contribution in [3.8, 4) is 0 Å². The standard InChI is InChI=1S/C15H31N/c1-7-9-10-11-16(13(3)4)12-15(6)14(5)8-2/h14-15H,3,7-12H2,1-2,4-6H3. The molecule has 0 aliphatic carbocycles. The molecule has 0 aliphatic rings. The second-order valence-corrected chi connectivity index (χ2v) is 5.25. The molecule has 0 amide bonds. The first-order valence-electron chi connectivity index (χ1n) is 6.93. The lowest BCUT2D eigenvalue weighted by atomic mass is 9.93. The number of allylic oxidation sites excluding steroid dienone is 1. The van der Waals surface area contributed by atoms with E-state index in [4.69, 9.17) is 0 Å². The van der Waals surface area contributed by atoms with Gasteiger partial charge in [0.2, 0.25) is 0 Å². The molecule has 0 saturated carbocycles. The van der Waals surface area contributed by atoms with Gasteiger partial charge in [0, 0.05) is 18.8 Å². The van der Waals surface area contributed by atoms with Crippen LogP contribution in [0, 0.1) is 11.8 Å². The van der Waals surface area contributed by atoms with E-state index >= 15 is 0 Å². The summed E-state index contributed by atoms with van der Waals surface area (Å²) in [4.78, 5) is 2.46. The number of hydrogen-bond acceptors (Lipinski definition) is 1. The number of unbranched alkanes of at least 4 members (excludes halogenated alkanes) is 2. The van der Waals surface area contributed by atoms with E-state index in [1.165, 1.54) is 44.5 Å². The van der Waals surface area contributed by atoms with Crippen LogP contribution >= 0.6 is 0 Å². The first kappa shape index (κ1) is 15.5. The third-order valence-corrected chi connectivity index (χ3v) is 3.70. The van der Waals surface area contributed by atoms with E-state index in [0.29, 0.717) is 0 Å². The van der Waals surface area contributed by atoms with Crippen LogP contribution in [0.25, 0.3) is 0 Å². The van der Waals surface area contributed by atoms with E-state index in [9.17, 15) is 0 Å². The number of hydrogen-bond donors (Lipinski definition) is 0. The molecule has 0 heterocycles. The summed E-state index contributed by atoms with van der Waals surface area (Å²) in [7, 11) is 0. The molecule has 1 nitrogen and oxygen atoms in total. The van der Waals surface area contributed by atoms with E-state index in [2.05, 4.69) is 46.1 Å². The van der Waals surface area contributed by atoms with Crippen LogP contribution in [-0.2, 0) is 0 Å². The molecule has 0 N–H and O–H groups in total. The van der Waals surface area contributed by atoms with Crippen LogP contribution in [0.3, 0.4) is 0 Å². The van der Waals surface area contributed by atoms with Crippen LogP contribution in [-0.4, -0.2) is 18.0 Å². The minimum atomic E-state index is 0.767. The Morgan fingerprint density at radius 3 is 2.19 bits per heavy atom. The van der Waals surface area contributed by atoms with E-state index < -0.39 is 0 Å². The molecule has 16 heavy (non-hydrogen) atoms. The zero-order valence-corrected chi connectivity index (χ0v) is 12.1. The summed E-state index contributed by atoms with van der Waals surface area (Å²) in [5.41, 5.74) is 1.23. The summed E-state index contributed by atoms with van der Waals surface area (Å²) >= 11 is 0. The van der Waals surface area contributed by atoms with Crippen LogP contribution in [0.5, 0.6) is 0 Å². The number of rotatable bonds is 9. The Hall–Kier alpha value is -0.460. The van der Waals surface area contributed by atoms with Crippen molar-refractivity contribution in [2.75, 3.05) is 13.1 Å². The lowest BCUT2D eigenvalue weighted by Gasteiger charge is -2.30. The van der Waals surface area contributed by atoms with Gasteiger partial charge in [0.05, 0.1) is 0 Å². The molecule has 1 heteroatoms. The molecular weight excluding hydrogens is 194 g/mol. The summed E-state index contributed by atoms with van der Waals surface area (Å²) < 4.78 is 0. The third-order valence-electron chi connectivity index (χ3n) is 3.70. The fraction of sp³-hybridized carbons (Fsp3) is 0.867. The predicted molar refractivity (Wildman–Crippen MR) is 74.5 cm³/mol. The zero-order valence-electron chi connectivity index (χ0n) is 12.1. The maximum Gasteiger partial charge on any atom is 0.0202 e. The van der Waals surface area contributed by atoms with Crippen molar-refractivity contribution < 1.29 is 0 Å². The van der Waals surface area contributed by atoms with E-state index in [0.717, 1.165) is 11.8 Å². The summed E-state index contributed by atoms with van der Waals surface area (Å²) in [5.74, 6) is 1.58. The van der Waals surface area contributed by atoms with Crippen molar-refractivity contribution in [2.45, 2.75) is 60.3 Å². The fourth-order valence-corrected chi connectivity index (χ4v) is 1.92. The monoisotopic (exact) mass is 225 g/mol. The lowest BCUT2D eigenvalue weighted by molar-refractivity contribution is 0.242. The minimum Gasteiger partial charge on any atom is -0.375 e. The van der Waals surface area contributed by atoms with Gasteiger partial charge in [0.15, 0.2) is 0 Å². The highest BCUT2D eigenvalue weighted by molar-refractivity contribution is 4.89. The Bertz CT molecular complexity index is 186. The quantitative estimate of drug-likeness (QED) is 0.514. The highest BCUT2D eigenvalue weighted by atomic mass is 15.1. The zero-order chi connectivity index (χ0) is 12.6. The normalized spacial score (nSPS) is 14.6. The van der Waals surface area contributed by atoms with Gasteiger partial charge >= 0.3 is 0 Å². The van der Waals surface area contributed by atoms with Crippen LogP contribution in [0.15, 0.2) is 12.3 Å². The molecule has 0 radical (unpaired) electrons. The Labute approximate surface area is 103 Å². The average molecular weight is 225 g/mol. The Kier molecular flexibility index (Phi) is 8.42. The molecule has 0 aromatic rings. The smallest absolute Gasteiger partial charge is 0.0202 e. The van der Waals surface area contributed by atoms with Gasteiger partial charge in [-0.25, -0.2) is 0 Å². The molecular formula is C15H31N. The van der Waals surface area contributed by atoms with Crippen LogP contribution < -0.4 is 0 Å². The Morgan fingerprint density at radius 2 is 1.75 bits per heavy atom. The first-order chi connectivity index (χ1) is 7.52. The summed E-state index contributed by atoms with van der Waals surface area (Å²) in [5, 5.41) is 0. The molecule has 0 saturated heterocycles. The largest absolute Gasteiger partial charge is 0.375 e. The summed E-state index contributed by atoms with van der Waals surface area (Å²) in [6.07, 6.45) is 5.21. The van der Waals surface area contributed by atoms with Crippen LogP contribution in [0.2, 0.25) is 0 Å². The van der Waals surface area contributed by atoms with Gasteiger partial charge in [-0.3, -0.25) is 0 Å². The van der Waals surface area contributed by atoms with Crippen molar-refractivity contribution in [2.24, 2.45) is 11.8 Å². The van der Waals surface area contributed by atoms with Crippen molar-refractivity contribution in [1.29, 1.82) is 0 Å². The Balaban J connectivity index is 4.06. The average Bonchev–Trinajstić information content (AvgIpc) is 2.26. The molecule has 2 atom stereocenters. The molecule has 0 aromatic carbocycles. The topological polar surface area (TPSA) is 3.24 Å². The Morgan fingerprint density at radius 1 is 1.12 bits per heavy atom. The molecule has 2 unspecified atom stereocenters. The molecule has 0 rings (SSSR count). The SMILES string of the molecule is C=C(C)N(CCCCC)CC(C)C(C)CC. The van der Waals surface area contributed by atoms with Gasteiger partial charge in [0.1, 0.15) is 0 Å². The van der Waals surface area contributed by atoms with Crippen molar-refractivity contribution in [3.63, 3.8) is 0 Å². The van der Waals surface area contributed by atoms with Crippen molar-refractivity contribution in [3.05, 3.63) is 12.3 Å². The molecule has 0 spiro atoms. The minimum absolute atomic E-state index is 0.767. The molecule has 0 fully saturated rings. The maximum absolute atomic E-state index is 4.10. The lowest BCUT2D eigenvalue weighted by Crippen LogP contribution is -2.30. The maximum atomic E-state index is 4.10. The fourth-order valence-electron chi connectivity index (χ4n) is 1.92. The van der Waals surface area contributed by atoms with E-state index in [-0.39, 0.29) is 0 Å². The highest BCUT2D eigenvalue weighted by Gasteiger charge is 2.14. The van der Waals surface area contributed by atoms with E-state index in [1.54, 1.807) is 0 Å². The van der Waals surface area contributed by atoms with Gasteiger partial charge in [-0.15, -0.1) is 0 Å². The summed E-state index contributed by atoms with van der Waals surface area (Å²) in [6, 6.07) is 0. The molecule has 0 aromatic heterocycles. The molecule has 0 bridgehead atoms. The van der Waals surface area contributed by atoms with Crippen molar-refractivity contribution >= 4 is 0 Å². The first-order valence-corrected chi connectivity index (χ1v) is 6.93. The molecule has 96 valence electrons. The van der Waals surface area contributed by atoms with Crippen molar-refractivity contribution in [1.82, 2.24) is 4.90 Å². The van der Waals surface area contributed by atoms with Crippen LogP contribution in [0.4, 0.5) is 0 Å². The van der Waals surface area contributed by atoms with Gasteiger partial charge in [-0.2, -0.15) is 0 Å². The van der Waals surface area contributed by atoms with E-state index in [1.807, 2.05) is 0 Å². The number of nitrogens with zero attached hydrogens (tertiary/aromatic N) is 1. The summed E-state index contributed by atoms with van der Waals surface area (Å²) in [6.45, 7) is 17.8. The van der Waals surface area contributed by atoms with Gasteiger partial charge in [-0.1, -0.05) is 53.5 Å². The highest BCUT2D eigenvalue weighted by Crippen LogP contribution is 2.18. The van der Waals surface area contributed by atoms with Gasteiger partial charge in [-0.05, 0) is 25.2 Å². The van der Waals surface area contributed by atoms with Gasteiger partial charge in [0.25, 0.3) is 0 Å². The second-order valence-electron chi connectivity index (χ2n) is 5.25. The third kappa shape index (κ3) is 6.19. The molecule has 0 aliphatic heterocycles. The second kappa shape index (κ2) is 8.66.